The second kappa shape index (κ2) is 5.56. The lowest BCUT2D eigenvalue weighted by atomic mass is 9.98. The van der Waals surface area contributed by atoms with Crippen LogP contribution in [0, 0.1) is 11.8 Å². The highest BCUT2D eigenvalue weighted by Crippen LogP contribution is 2.10. The highest BCUT2D eigenvalue weighted by molar-refractivity contribution is 4.60. The van der Waals surface area contributed by atoms with E-state index < -0.39 is 0 Å². The van der Waals surface area contributed by atoms with Crippen molar-refractivity contribution >= 4 is 0 Å². The van der Waals surface area contributed by atoms with E-state index in [-0.39, 0.29) is 18.6 Å². The van der Waals surface area contributed by atoms with E-state index in [9.17, 15) is 0 Å². The molecule has 0 aliphatic heterocycles. The van der Waals surface area contributed by atoms with Gasteiger partial charge in [0.05, 0.1) is 12.7 Å². The SMILES string of the molecule is CC(C)OCC(CO)C(C)C. The summed E-state index contributed by atoms with van der Waals surface area (Å²) in [5, 5.41) is 8.93. The fourth-order valence-corrected chi connectivity index (χ4v) is 0.772. The number of aliphatic hydroxyl groups is 1. The number of rotatable bonds is 5. The van der Waals surface area contributed by atoms with Crippen molar-refractivity contribution in [1.82, 2.24) is 0 Å². The molecule has 2 heteroatoms. The summed E-state index contributed by atoms with van der Waals surface area (Å²) in [4.78, 5) is 0. The van der Waals surface area contributed by atoms with Gasteiger partial charge in [-0.25, -0.2) is 0 Å². The second-order valence-corrected chi connectivity index (χ2v) is 3.57. The molecule has 0 radical (unpaired) electrons. The maximum Gasteiger partial charge on any atom is 0.0522 e. The Balaban J connectivity index is 3.52. The monoisotopic (exact) mass is 160 g/mol. The second-order valence-electron chi connectivity index (χ2n) is 3.57. The van der Waals surface area contributed by atoms with Crippen molar-refractivity contribution in [3.63, 3.8) is 0 Å². The molecule has 0 spiro atoms. The molecule has 0 aliphatic carbocycles. The Bertz CT molecular complexity index is 89.6. The van der Waals surface area contributed by atoms with E-state index in [1.807, 2.05) is 13.8 Å². The zero-order chi connectivity index (χ0) is 8.85. The van der Waals surface area contributed by atoms with Crippen molar-refractivity contribution in [1.29, 1.82) is 0 Å². The predicted molar refractivity (Wildman–Crippen MR) is 46.5 cm³/mol. The van der Waals surface area contributed by atoms with E-state index in [0.29, 0.717) is 12.5 Å². The molecule has 0 amide bonds. The van der Waals surface area contributed by atoms with Gasteiger partial charge in [0.2, 0.25) is 0 Å². The topological polar surface area (TPSA) is 29.5 Å². The van der Waals surface area contributed by atoms with Crippen LogP contribution in [0.1, 0.15) is 27.7 Å². The smallest absolute Gasteiger partial charge is 0.0522 e. The number of hydrogen-bond acceptors (Lipinski definition) is 2. The lowest BCUT2D eigenvalue weighted by Crippen LogP contribution is -2.21. The molecule has 0 saturated carbocycles. The van der Waals surface area contributed by atoms with Crippen LogP contribution in [0.3, 0.4) is 0 Å². The van der Waals surface area contributed by atoms with Gasteiger partial charge in [-0.2, -0.15) is 0 Å². The zero-order valence-corrected chi connectivity index (χ0v) is 8.00. The summed E-state index contributed by atoms with van der Waals surface area (Å²) in [6.45, 7) is 9.12. The first kappa shape index (κ1) is 10.9. The molecule has 68 valence electrons. The number of ether oxygens (including phenoxy) is 1. The summed E-state index contributed by atoms with van der Waals surface area (Å²) in [5.74, 6) is 0.788. The van der Waals surface area contributed by atoms with Crippen LogP contribution in [0.25, 0.3) is 0 Å². The molecule has 0 fully saturated rings. The average Bonchev–Trinajstić information content (AvgIpc) is 1.87. The third-order valence-electron chi connectivity index (χ3n) is 1.82. The van der Waals surface area contributed by atoms with Crippen LogP contribution in [-0.4, -0.2) is 24.4 Å². The van der Waals surface area contributed by atoms with Crippen LogP contribution >= 0.6 is 0 Å². The van der Waals surface area contributed by atoms with Crippen LogP contribution in [0.15, 0.2) is 0 Å². The molecule has 0 heterocycles. The van der Waals surface area contributed by atoms with E-state index in [1.165, 1.54) is 0 Å². The van der Waals surface area contributed by atoms with Crippen molar-refractivity contribution in [2.45, 2.75) is 33.8 Å². The Morgan fingerprint density at radius 3 is 2.00 bits per heavy atom. The zero-order valence-electron chi connectivity index (χ0n) is 8.00. The molecule has 0 rings (SSSR count). The Kier molecular flexibility index (Phi) is 5.51. The minimum Gasteiger partial charge on any atom is -0.396 e. The van der Waals surface area contributed by atoms with Crippen molar-refractivity contribution in [2.24, 2.45) is 11.8 Å². The molecule has 0 aromatic carbocycles. The van der Waals surface area contributed by atoms with Gasteiger partial charge in [0.1, 0.15) is 0 Å². The molecule has 0 aromatic heterocycles. The normalized spacial score (nSPS) is 14.5. The Morgan fingerprint density at radius 1 is 1.18 bits per heavy atom. The quantitative estimate of drug-likeness (QED) is 0.663. The van der Waals surface area contributed by atoms with Gasteiger partial charge >= 0.3 is 0 Å². The summed E-state index contributed by atoms with van der Waals surface area (Å²) in [6, 6.07) is 0. The summed E-state index contributed by atoms with van der Waals surface area (Å²) >= 11 is 0. The molecular formula is C9H20O2. The van der Waals surface area contributed by atoms with Gasteiger partial charge in [0, 0.05) is 12.5 Å². The molecule has 0 aliphatic rings. The third-order valence-corrected chi connectivity index (χ3v) is 1.82. The van der Waals surface area contributed by atoms with Crippen molar-refractivity contribution < 1.29 is 9.84 Å². The first-order valence-corrected chi connectivity index (χ1v) is 4.30. The molecule has 1 unspecified atom stereocenters. The van der Waals surface area contributed by atoms with E-state index >= 15 is 0 Å². The van der Waals surface area contributed by atoms with E-state index in [4.69, 9.17) is 9.84 Å². The number of hydrogen-bond donors (Lipinski definition) is 1. The van der Waals surface area contributed by atoms with E-state index in [1.54, 1.807) is 0 Å². The largest absolute Gasteiger partial charge is 0.396 e. The lowest BCUT2D eigenvalue weighted by molar-refractivity contribution is 0.0196. The molecule has 1 atom stereocenters. The molecule has 0 aromatic rings. The van der Waals surface area contributed by atoms with Gasteiger partial charge in [-0.15, -0.1) is 0 Å². The summed E-state index contributed by atoms with van der Waals surface area (Å²) in [6.07, 6.45) is 0.266. The number of aliphatic hydroxyl groups excluding tert-OH is 1. The molecule has 0 bridgehead atoms. The summed E-state index contributed by atoms with van der Waals surface area (Å²) in [5.41, 5.74) is 0. The lowest BCUT2D eigenvalue weighted by Gasteiger charge is -2.19. The maximum atomic E-state index is 8.93. The van der Waals surface area contributed by atoms with Gasteiger partial charge in [0.15, 0.2) is 0 Å². The Hall–Kier alpha value is -0.0800. The Morgan fingerprint density at radius 2 is 1.73 bits per heavy atom. The van der Waals surface area contributed by atoms with Gasteiger partial charge in [-0.05, 0) is 19.8 Å². The van der Waals surface area contributed by atoms with Crippen molar-refractivity contribution in [3.8, 4) is 0 Å². The first-order valence-electron chi connectivity index (χ1n) is 4.30. The minimum atomic E-state index is 0.227. The average molecular weight is 160 g/mol. The molecule has 1 N–H and O–H groups in total. The van der Waals surface area contributed by atoms with E-state index in [2.05, 4.69) is 13.8 Å². The van der Waals surface area contributed by atoms with Gasteiger partial charge in [-0.3, -0.25) is 0 Å². The van der Waals surface area contributed by atoms with Gasteiger partial charge in [-0.1, -0.05) is 13.8 Å². The van der Waals surface area contributed by atoms with Gasteiger partial charge in [0.25, 0.3) is 0 Å². The highest BCUT2D eigenvalue weighted by atomic mass is 16.5. The van der Waals surface area contributed by atoms with Gasteiger partial charge < -0.3 is 9.84 Å². The predicted octanol–water partition coefficient (Wildman–Crippen LogP) is 1.68. The first-order chi connectivity index (χ1) is 5.07. The third kappa shape index (κ3) is 5.22. The maximum absolute atomic E-state index is 8.93. The van der Waals surface area contributed by atoms with E-state index in [0.717, 1.165) is 0 Å². The van der Waals surface area contributed by atoms with Crippen LogP contribution in [-0.2, 0) is 4.74 Å². The fraction of sp³-hybridized carbons (Fsp3) is 1.00. The van der Waals surface area contributed by atoms with Crippen LogP contribution in [0.2, 0.25) is 0 Å². The highest BCUT2D eigenvalue weighted by Gasteiger charge is 2.12. The van der Waals surface area contributed by atoms with Crippen LogP contribution in [0.5, 0.6) is 0 Å². The van der Waals surface area contributed by atoms with Crippen molar-refractivity contribution in [2.75, 3.05) is 13.2 Å². The summed E-state index contributed by atoms with van der Waals surface area (Å²) in [7, 11) is 0. The molecular weight excluding hydrogens is 140 g/mol. The van der Waals surface area contributed by atoms with Crippen molar-refractivity contribution in [3.05, 3.63) is 0 Å². The molecule has 11 heavy (non-hydrogen) atoms. The molecule has 2 nitrogen and oxygen atoms in total. The Labute approximate surface area is 69.6 Å². The standard InChI is InChI=1S/C9H20O2/c1-7(2)9(5-10)6-11-8(3)4/h7-10H,5-6H2,1-4H3. The summed E-state index contributed by atoms with van der Waals surface area (Å²) < 4.78 is 5.40. The fourth-order valence-electron chi connectivity index (χ4n) is 0.772. The van der Waals surface area contributed by atoms with Crippen LogP contribution < -0.4 is 0 Å². The minimum absolute atomic E-state index is 0.227. The molecule has 0 saturated heterocycles. The van der Waals surface area contributed by atoms with Crippen LogP contribution in [0.4, 0.5) is 0 Å².